The van der Waals surface area contributed by atoms with Crippen LogP contribution in [-0.2, 0) is 10.8 Å². The van der Waals surface area contributed by atoms with Crippen LogP contribution in [0.5, 0.6) is 0 Å². The third-order valence-electron chi connectivity index (χ3n) is 5.05. The monoisotopic (exact) mass is 228 g/mol. The molecule has 2 fully saturated rings. The van der Waals surface area contributed by atoms with Crippen molar-refractivity contribution in [1.82, 2.24) is 0 Å². The molecule has 1 nitrogen and oxygen atoms in total. The molecule has 2 aliphatic rings. The van der Waals surface area contributed by atoms with Gasteiger partial charge >= 0.3 is 0 Å². The van der Waals surface area contributed by atoms with Gasteiger partial charge in [-0.15, -0.1) is 0 Å². The third kappa shape index (κ3) is 1.51. The van der Waals surface area contributed by atoms with E-state index in [1.54, 1.807) is 0 Å². The predicted molar refractivity (Wildman–Crippen MR) is 66.3 cm³/mol. The minimum absolute atomic E-state index is 0.245. The Hall–Kier alpha value is 0.150. The van der Waals surface area contributed by atoms with E-state index in [4.69, 9.17) is 0 Å². The highest BCUT2D eigenvalue weighted by Gasteiger charge is 2.60. The Labute approximate surface area is 96.5 Å². The zero-order valence-corrected chi connectivity index (χ0v) is 11.3. The first-order valence-electron chi connectivity index (χ1n) is 6.31. The van der Waals surface area contributed by atoms with E-state index in [2.05, 4.69) is 27.7 Å². The molecule has 0 aromatic carbocycles. The second-order valence-electron chi connectivity index (χ2n) is 6.23. The molecular weight excluding hydrogens is 204 g/mol. The van der Waals surface area contributed by atoms with E-state index in [-0.39, 0.29) is 4.75 Å². The largest absolute Gasteiger partial charge is 0.259 e. The van der Waals surface area contributed by atoms with Gasteiger partial charge in [0.2, 0.25) is 0 Å². The quantitative estimate of drug-likeness (QED) is 0.708. The first-order valence-corrected chi connectivity index (χ1v) is 7.63. The molecule has 0 N–H and O–H groups in total. The Kier molecular flexibility index (Phi) is 2.77. The normalized spacial score (nSPS) is 32.5. The molecule has 0 aromatic heterocycles. The molecule has 1 saturated carbocycles. The van der Waals surface area contributed by atoms with Crippen LogP contribution in [0.3, 0.4) is 0 Å². The number of hydrogen-bond acceptors (Lipinski definition) is 1. The van der Waals surface area contributed by atoms with E-state index in [9.17, 15) is 4.21 Å². The molecule has 1 atom stereocenters. The maximum absolute atomic E-state index is 12.0. The summed E-state index contributed by atoms with van der Waals surface area (Å²) in [4.78, 5) is 0. The van der Waals surface area contributed by atoms with Crippen LogP contribution < -0.4 is 0 Å². The fraction of sp³-hybridized carbons (Fsp3) is 1.00. The summed E-state index contributed by atoms with van der Waals surface area (Å²) < 4.78 is 12.3. The van der Waals surface area contributed by atoms with Gasteiger partial charge in [-0.1, -0.05) is 27.7 Å². The zero-order chi connectivity index (χ0) is 11.3. The summed E-state index contributed by atoms with van der Waals surface area (Å²) in [6, 6.07) is 0. The Morgan fingerprint density at radius 1 is 1.07 bits per heavy atom. The Morgan fingerprint density at radius 2 is 1.60 bits per heavy atom. The van der Waals surface area contributed by atoms with Crippen LogP contribution in [0, 0.1) is 17.3 Å². The topological polar surface area (TPSA) is 17.1 Å². The van der Waals surface area contributed by atoms with Gasteiger partial charge in [0.05, 0.1) is 0 Å². The molecule has 1 aliphatic heterocycles. The Bertz CT molecular complexity index is 264. The van der Waals surface area contributed by atoms with Crippen LogP contribution in [0.1, 0.15) is 53.4 Å². The summed E-state index contributed by atoms with van der Waals surface area (Å²) in [7, 11) is -0.519. The predicted octanol–water partition coefficient (Wildman–Crippen LogP) is 3.36. The van der Waals surface area contributed by atoms with Crippen molar-refractivity contribution in [2.24, 2.45) is 17.3 Å². The number of hydrogen-bond donors (Lipinski definition) is 0. The lowest BCUT2D eigenvalue weighted by atomic mass is 9.51. The molecule has 0 aromatic rings. The Balaban J connectivity index is 2.15. The van der Waals surface area contributed by atoms with Crippen molar-refractivity contribution in [3.8, 4) is 0 Å². The van der Waals surface area contributed by atoms with Crippen molar-refractivity contribution in [1.29, 1.82) is 0 Å². The van der Waals surface area contributed by atoms with Crippen molar-refractivity contribution in [3.63, 3.8) is 0 Å². The molecule has 2 heteroatoms. The van der Waals surface area contributed by atoms with Crippen molar-refractivity contribution in [2.75, 3.05) is 5.75 Å². The molecule has 1 saturated heterocycles. The van der Waals surface area contributed by atoms with E-state index >= 15 is 0 Å². The van der Waals surface area contributed by atoms with E-state index in [0.29, 0.717) is 5.41 Å². The summed E-state index contributed by atoms with van der Waals surface area (Å²) in [6.07, 6.45) is 4.86. The van der Waals surface area contributed by atoms with Crippen LogP contribution in [0.25, 0.3) is 0 Å². The molecule has 1 unspecified atom stereocenters. The summed E-state index contributed by atoms with van der Waals surface area (Å²) >= 11 is 0. The van der Waals surface area contributed by atoms with Gasteiger partial charge in [-0.05, 0) is 42.9 Å². The van der Waals surface area contributed by atoms with Gasteiger partial charge in [0.15, 0.2) is 0 Å². The van der Waals surface area contributed by atoms with Crippen LogP contribution >= 0.6 is 0 Å². The van der Waals surface area contributed by atoms with Crippen molar-refractivity contribution in [3.05, 3.63) is 0 Å². The minimum atomic E-state index is -0.519. The summed E-state index contributed by atoms with van der Waals surface area (Å²) in [5.74, 6) is 2.44. The molecule has 88 valence electrons. The smallest absolute Gasteiger partial charge is 0.0470 e. The maximum atomic E-state index is 12.0. The van der Waals surface area contributed by atoms with Gasteiger partial charge in [0, 0.05) is 21.3 Å². The molecule has 1 heterocycles. The molecule has 0 radical (unpaired) electrons. The first kappa shape index (κ1) is 11.6. The van der Waals surface area contributed by atoms with Crippen molar-refractivity contribution in [2.45, 2.75) is 58.1 Å². The fourth-order valence-electron chi connectivity index (χ4n) is 3.82. The SMILES string of the molecule is CC(C)C1(C(C)C)CC2(CCCS2=O)C1. The van der Waals surface area contributed by atoms with Crippen LogP contribution in [0.15, 0.2) is 0 Å². The van der Waals surface area contributed by atoms with Crippen molar-refractivity contribution >= 4 is 10.8 Å². The lowest BCUT2D eigenvalue weighted by molar-refractivity contribution is -0.0227. The lowest BCUT2D eigenvalue weighted by Gasteiger charge is -2.59. The van der Waals surface area contributed by atoms with Crippen LogP contribution in [0.2, 0.25) is 0 Å². The highest BCUT2D eigenvalue weighted by atomic mass is 32.2. The van der Waals surface area contributed by atoms with Crippen LogP contribution in [-0.4, -0.2) is 14.7 Å². The van der Waals surface area contributed by atoms with Crippen LogP contribution in [0.4, 0.5) is 0 Å². The molecule has 2 rings (SSSR count). The molecule has 15 heavy (non-hydrogen) atoms. The zero-order valence-electron chi connectivity index (χ0n) is 10.5. The second-order valence-corrected chi connectivity index (χ2v) is 8.20. The van der Waals surface area contributed by atoms with Gasteiger partial charge in [-0.3, -0.25) is 4.21 Å². The average Bonchev–Trinajstić information content (AvgIpc) is 2.42. The van der Waals surface area contributed by atoms with E-state index in [1.165, 1.54) is 25.7 Å². The summed E-state index contributed by atoms with van der Waals surface area (Å²) in [5.41, 5.74) is 0.486. The molecule has 1 aliphatic carbocycles. The fourth-order valence-corrected chi connectivity index (χ4v) is 5.90. The summed E-state index contributed by atoms with van der Waals surface area (Å²) in [5, 5.41) is 0. The highest BCUT2D eigenvalue weighted by Crippen LogP contribution is 2.62. The van der Waals surface area contributed by atoms with Crippen molar-refractivity contribution < 1.29 is 4.21 Å². The van der Waals surface area contributed by atoms with Gasteiger partial charge in [-0.2, -0.15) is 0 Å². The second kappa shape index (κ2) is 3.58. The van der Waals surface area contributed by atoms with Gasteiger partial charge < -0.3 is 0 Å². The standard InChI is InChI=1S/C13H24OS/c1-10(2)13(11(3)4)8-12(9-13)6-5-7-15(12)14/h10-11H,5-9H2,1-4H3. The molecule has 0 amide bonds. The molecule has 0 bridgehead atoms. The van der Waals surface area contributed by atoms with Gasteiger partial charge in [0.1, 0.15) is 0 Å². The van der Waals surface area contributed by atoms with Gasteiger partial charge in [0.25, 0.3) is 0 Å². The van der Waals surface area contributed by atoms with E-state index in [0.717, 1.165) is 17.6 Å². The summed E-state index contributed by atoms with van der Waals surface area (Å²) in [6.45, 7) is 9.35. The minimum Gasteiger partial charge on any atom is -0.259 e. The highest BCUT2D eigenvalue weighted by molar-refractivity contribution is 7.86. The third-order valence-corrected chi connectivity index (χ3v) is 7.17. The lowest BCUT2D eigenvalue weighted by Crippen LogP contribution is -2.57. The Morgan fingerprint density at radius 3 is 1.93 bits per heavy atom. The average molecular weight is 228 g/mol. The number of rotatable bonds is 2. The molecular formula is C13H24OS. The maximum Gasteiger partial charge on any atom is 0.0470 e. The van der Waals surface area contributed by atoms with E-state index in [1.807, 2.05) is 0 Å². The van der Waals surface area contributed by atoms with E-state index < -0.39 is 10.8 Å². The first-order chi connectivity index (χ1) is 6.93. The molecule has 1 spiro atoms. The van der Waals surface area contributed by atoms with Gasteiger partial charge in [-0.25, -0.2) is 0 Å².